The molecule has 3 rings (SSSR count). The zero-order valence-electron chi connectivity index (χ0n) is 11.4. The van der Waals surface area contributed by atoms with Gasteiger partial charge in [0.2, 0.25) is 0 Å². The van der Waals surface area contributed by atoms with Crippen molar-refractivity contribution >= 4 is 21.6 Å². The van der Waals surface area contributed by atoms with Crippen molar-refractivity contribution in [1.82, 2.24) is 9.78 Å². The Morgan fingerprint density at radius 3 is 3.15 bits per heavy atom. The molecule has 2 atom stereocenters. The lowest BCUT2D eigenvalue weighted by Crippen LogP contribution is -2.15. The molecule has 20 heavy (non-hydrogen) atoms. The van der Waals surface area contributed by atoms with Crippen molar-refractivity contribution in [1.29, 1.82) is 0 Å². The first-order chi connectivity index (χ1) is 9.70. The van der Waals surface area contributed by atoms with Gasteiger partial charge in [-0.15, -0.1) is 0 Å². The summed E-state index contributed by atoms with van der Waals surface area (Å²) in [5, 5.41) is 7.74. The van der Waals surface area contributed by atoms with Gasteiger partial charge in [-0.25, -0.2) is 0 Å². The van der Waals surface area contributed by atoms with E-state index in [9.17, 15) is 0 Å². The van der Waals surface area contributed by atoms with E-state index in [1.54, 1.807) is 0 Å². The molecule has 2 aromatic rings. The fraction of sp³-hybridized carbons (Fsp3) is 0.500. The lowest BCUT2D eigenvalue weighted by atomic mass is 10.2. The molecule has 6 heteroatoms. The van der Waals surface area contributed by atoms with Crippen LogP contribution in [0.4, 0.5) is 5.69 Å². The van der Waals surface area contributed by atoms with Gasteiger partial charge < -0.3 is 14.5 Å². The third kappa shape index (κ3) is 3.24. The van der Waals surface area contributed by atoms with E-state index < -0.39 is 0 Å². The van der Waals surface area contributed by atoms with Crippen molar-refractivity contribution in [3.63, 3.8) is 0 Å². The zero-order valence-corrected chi connectivity index (χ0v) is 13.0. The van der Waals surface area contributed by atoms with Crippen LogP contribution >= 0.6 is 15.9 Å². The molecule has 0 amide bonds. The van der Waals surface area contributed by atoms with Crippen LogP contribution in [-0.4, -0.2) is 22.5 Å². The first-order valence-corrected chi connectivity index (χ1v) is 7.66. The topological polar surface area (TPSA) is 52.2 Å². The second-order valence-electron chi connectivity index (χ2n) is 5.09. The predicted molar refractivity (Wildman–Crippen MR) is 79.6 cm³/mol. The molecule has 2 unspecified atom stereocenters. The number of ether oxygens (including phenoxy) is 1. The molecule has 1 aliphatic heterocycles. The maximum atomic E-state index is 5.62. The molecular weight excluding hydrogens is 322 g/mol. The van der Waals surface area contributed by atoms with Crippen LogP contribution in [0.2, 0.25) is 0 Å². The molecule has 0 saturated carbocycles. The zero-order chi connectivity index (χ0) is 13.9. The Morgan fingerprint density at radius 1 is 1.55 bits per heavy atom. The average Bonchev–Trinajstić information content (AvgIpc) is 3.13. The van der Waals surface area contributed by atoms with E-state index in [4.69, 9.17) is 9.15 Å². The standard InChI is InChI=1S/C14H18BrN3O2/c1-10(13-4-5-14(15)20-13)17-11-7-16-18(8-11)9-12-3-2-6-19-12/h4-5,7-8,10,12,17H,2-3,6,9H2,1H3. The van der Waals surface area contributed by atoms with Crippen LogP contribution in [0.25, 0.3) is 0 Å². The number of halogens is 1. The second-order valence-corrected chi connectivity index (χ2v) is 5.88. The Hall–Kier alpha value is -1.27. The molecule has 5 nitrogen and oxygen atoms in total. The Kier molecular flexibility index (Phi) is 4.12. The Balaban J connectivity index is 1.59. The van der Waals surface area contributed by atoms with E-state index in [2.05, 4.69) is 33.3 Å². The normalized spacial score (nSPS) is 20.2. The van der Waals surface area contributed by atoms with Crippen molar-refractivity contribution in [3.8, 4) is 0 Å². The molecule has 1 aliphatic rings. The summed E-state index contributed by atoms with van der Waals surface area (Å²) >= 11 is 3.31. The molecular formula is C14H18BrN3O2. The summed E-state index contributed by atoms with van der Waals surface area (Å²) in [7, 11) is 0. The van der Waals surface area contributed by atoms with Crippen LogP contribution in [-0.2, 0) is 11.3 Å². The highest BCUT2D eigenvalue weighted by Gasteiger charge is 2.17. The highest BCUT2D eigenvalue weighted by molar-refractivity contribution is 9.10. The van der Waals surface area contributed by atoms with Crippen LogP contribution in [0.3, 0.4) is 0 Å². The van der Waals surface area contributed by atoms with E-state index in [1.165, 1.54) is 0 Å². The Morgan fingerprint density at radius 2 is 2.45 bits per heavy atom. The van der Waals surface area contributed by atoms with Gasteiger partial charge in [0.1, 0.15) is 5.76 Å². The third-order valence-electron chi connectivity index (χ3n) is 3.45. The van der Waals surface area contributed by atoms with E-state index in [0.717, 1.165) is 42.1 Å². The molecule has 1 N–H and O–H groups in total. The fourth-order valence-electron chi connectivity index (χ4n) is 2.42. The van der Waals surface area contributed by atoms with Crippen molar-refractivity contribution < 1.29 is 9.15 Å². The number of hydrogen-bond acceptors (Lipinski definition) is 4. The largest absolute Gasteiger partial charge is 0.452 e. The summed E-state index contributed by atoms with van der Waals surface area (Å²) in [6.45, 7) is 3.76. The van der Waals surface area contributed by atoms with Crippen molar-refractivity contribution in [2.75, 3.05) is 11.9 Å². The van der Waals surface area contributed by atoms with Gasteiger partial charge in [0, 0.05) is 12.8 Å². The van der Waals surface area contributed by atoms with Crippen LogP contribution < -0.4 is 5.32 Å². The van der Waals surface area contributed by atoms with Crippen molar-refractivity contribution in [2.45, 2.75) is 38.5 Å². The monoisotopic (exact) mass is 339 g/mol. The molecule has 0 bridgehead atoms. The minimum Gasteiger partial charge on any atom is -0.452 e. The van der Waals surface area contributed by atoms with Crippen LogP contribution in [0.1, 0.15) is 31.6 Å². The van der Waals surface area contributed by atoms with E-state index in [-0.39, 0.29) is 6.04 Å². The average molecular weight is 340 g/mol. The van der Waals surface area contributed by atoms with Crippen molar-refractivity contribution in [2.24, 2.45) is 0 Å². The Bertz CT molecular complexity index is 560. The SMILES string of the molecule is CC(Nc1cnn(CC2CCCO2)c1)c1ccc(Br)o1. The first kappa shape index (κ1) is 13.7. The highest BCUT2D eigenvalue weighted by Crippen LogP contribution is 2.23. The molecule has 0 aromatic carbocycles. The smallest absolute Gasteiger partial charge is 0.169 e. The number of nitrogens with zero attached hydrogens (tertiary/aromatic N) is 2. The number of aromatic nitrogens is 2. The van der Waals surface area contributed by atoms with Gasteiger partial charge in [0.25, 0.3) is 0 Å². The van der Waals surface area contributed by atoms with Gasteiger partial charge in [-0.2, -0.15) is 5.10 Å². The van der Waals surface area contributed by atoms with E-state index >= 15 is 0 Å². The summed E-state index contributed by atoms with van der Waals surface area (Å²) in [4.78, 5) is 0. The Labute approximate surface area is 126 Å². The number of nitrogens with one attached hydrogen (secondary N) is 1. The van der Waals surface area contributed by atoms with Gasteiger partial charge in [0.05, 0.1) is 30.6 Å². The summed E-state index contributed by atoms with van der Waals surface area (Å²) in [6.07, 6.45) is 6.43. The fourth-order valence-corrected chi connectivity index (χ4v) is 2.74. The van der Waals surface area contributed by atoms with E-state index in [1.807, 2.05) is 29.2 Å². The number of furan rings is 1. The minimum absolute atomic E-state index is 0.0988. The summed E-state index contributed by atoms with van der Waals surface area (Å²) < 4.78 is 13.8. The van der Waals surface area contributed by atoms with Gasteiger partial charge in [-0.05, 0) is 47.8 Å². The van der Waals surface area contributed by atoms with Gasteiger partial charge >= 0.3 is 0 Å². The summed E-state index contributed by atoms with van der Waals surface area (Å²) in [5.74, 6) is 0.892. The maximum absolute atomic E-state index is 5.62. The number of rotatable bonds is 5. The lowest BCUT2D eigenvalue weighted by molar-refractivity contribution is 0.0940. The molecule has 1 fully saturated rings. The quantitative estimate of drug-likeness (QED) is 0.904. The third-order valence-corrected chi connectivity index (χ3v) is 3.88. The van der Waals surface area contributed by atoms with Crippen LogP contribution in [0.15, 0.2) is 33.6 Å². The second kappa shape index (κ2) is 6.01. The summed E-state index contributed by atoms with van der Waals surface area (Å²) in [6, 6.07) is 3.95. The van der Waals surface area contributed by atoms with Gasteiger partial charge in [-0.1, -0.05) is 0 Å². The molecule has 2 aromatic heterocycles. The highest BCUT2D eigenvalue weighted by atomic mass is 79.9. The predicted octanol–water partition coefficient (Wildman–Crippen LogP) is 3.59. The molecule has 0 aliphatic carbocycles. The van der Waals surface area contributed by atoms with Gasteiger partial charge in [-0.3, -0.25) is 4.68 Å². The molecule has 1 saturated heterocycles. The summed E-state index contributed by atoms with van der Waals surface area (Å²) in [5.41, 5.74) is 0.989. The number of anilines is 1. The minimum atomic E-state index is 0.0988. The van der Waals surface area contributed by atoms with Gasteiger partial charge in [0.15, 0.2) is 4.67 Å². The molecule has 3 heterocycles. The molecule has 0 spiro atoms. The lowest BCUT2D eigenvalue weighted by Gasteiger charge is -2.11. The number of hydrogen-bond donors (Lipinski definition) is 1. The first-order valence-electron chi connectivity index (χ1n) is 6.86. The van der Waals surface area contributed by atoms with Crippen LogP contribution in [0, 0.1) is 0 Å². The van der Waals surface area contributed by atoms with E-state index in [0.29, 0.717) is 6.10 Å². The molecule has 0 radical (unpaired) electrons. The maximum Gasteiger partial charge on any atom is 0.169 e. The molecule has 108 valence electrons. The van der Waals surface area contributed by atoms with Crippen LogP contribution in [0.5, 0.6) is 0 Å². The van der Waals surface area contributed by atoms with Crippen molar-refractivity contribution in [3.05, 3.63) is 35.0 Å².